The number of benzene rings is 1. The summed E-state index contributed by atoms with van der Waals surface area (Å²) in [6.45, 7) is 2.00. The first kappa shape index (κ1) is 14.0. The first-order valence-electron chi connectivity index (χ1n) is 5.96. The molecule has 2 amide bonds. The first-order chi connectivity index (χ1) is 8.72. The molecule has 18 heavy (non-hydrogen) atoms. The van der Waals surface area contributed by atoms with Crippen molar-refractivity contribution in [3.8, 4) is 0 Å². The minimum absolute atomic E-state index is 0.371. The summed E-state index contributed by atoms with van der Waals surface area (Å²) in [7, 11) is 0. The van der Waals surface area contributed by atoms with Gasteiger partial charge in [0, 0.05) is 6.21 Å². The lowest BCUT2D eigenvalue weighted by Crippen LogP contribution is -2.24. The number of allylic oxidation sites excluding steroid dienone is 2. The fraction of sp³-hybridized carbons (Fsp3) is 0.286. The van der Waals surface area contributed by atoms with E-state index >= 15 is 0 Å². The van der Waals surface area contributed by atoms with Gasteiger partial charge in [0.2, 0.25) is 0 Å². The highest BCUT2D eigenvalue weighted by Gasteiger charge is 2.04. The molecule has 0 aromatic heterocycles. The smallest absolute Gasteiger partial charge is 0.332 e. The van der Waals surface area contributed by atoms with Crippen molar-refractivity contribution in [1.29, 1.82) is 0 Å². The molecule has 0 spiro atoms. The van der Waals surface area contributed by atoms with E-state index in [2.05, 4.69) is 28.7 Å². The van der Waals surface area contributed by atoms with Gasteiger partial charge in [0.05, 0.1) is 0 Å². The van der Waals surface area contributed by atoms with Crippen LogP contribution in [0.4, 0.5) is 4.79 Å². The third-order valence-electron chi connectivity index (χ3n) is 2.48. The summed E-state index contributed by atoms with van der Waals surface area (Å²) in [5, 5.41) is 3.75. The zero-order valence-electron chi connectivity index (χ0n) is 10.5. The van der Waals surface area contributed by atoms with Gasteiger partial charge in [0.15, 0.2) is 0 Å². The van der Waals surface area contributed by atoms with Crippen molar-refractivity contribution in [2.45, 2.75) is 19.8 Å². The average Bonchev–Trinajstić information content (AvgIpc) is 2.36. The minimum Gasteiger partial charge on any atom is -0.350 e. The Labute approximate surface area is 108 Å². The van der Waals surface area contributed by atoms with Crippen molar-refractivity contribution in [2.75, 3.05) is 0 Å². The maximum Gasteiger partial charge on any atom is 0.332 e. The molecule has 0 unspecified atom stereocenters. The van der Waals surface area contributed by atoms with Crippen LogP contribution in [0.25, 0.3) is 0 Å². The Balaban J connectivity index is 2.50. The lowest BCUT2D eigenvalue weighted by molar-refractivity contribution is 0.249. The molecular formula is C14H19N3O. The quantitative estimate of drug-likeness (QED) is 0.451. The second kappa shape index (κ2) is 8.06. The van der Waals surface area contributed by atoms with Crippen LogP contribution in [0.2, 0.25) is 0 Å². The third-order valence-corrected chi connectivity index (χ3v) is 2.48. The molecule has 0 bridgehead atoms. The number of nitrogens with two attached hydrogens (primary N) is 1. The molecule has 4 nitrogen and oxygen atoms in total. The number of hydrogen-bond acceptors (Lipinski definition) is 2. The van der Waals surface area contributed by atoms with E-state index in [1.54, 1.807) is 6.21 Å². The monoisotopic (exact) mass is 245 g/mol. The maximum atomic E-state index is 10.4. The molecule has 0 radical (unpaired) electrons. The van der Waals surface area contributed by atoms with Crippen molar-refractivity contribution < 1.29 is 4.79 Å². The molecule has 4 heteroatoms. The Morgan fingerprint density at radius 3 is 2.78 bits per heavy atom. The fourth-order valence-electron chi connectivity index (χ4n) is 1.72. The standard InChI is InChI=1S/C14H19N3O/c1-2-6-12(9-10-16-17-14(15)18)11-13-7-4-3-5-8-13/h2-8,10,12H,9,11H2,1H3,(H3,15,17,18)/b6-2+,16-10-/t12-/m1/s1. The Bertz CT molecular complexity index is 412. The largest absolute Gasteiger partial charge is 0.350 e. The summed E-state index contributed by atoms with van der Waals surface area (Å²) >= 11 is 0. The van der Waals surface area contributed by atoms with Crippen molar-refractivity contribution >= 4 is 12.2 Å². The highest BCUT2D eigenvalue weighted by molar-refractivity contribution is 5.72. The number of urea groups is 1. The second-order valence-electron chi connectivity index (χ2n) is 4.00. The van der Waals surface area contributed by atoms with Gasteiger partial charge in [-0.2, -0.15) is 5.10 Å². The number of carbonyl (C=O) groups is 1. The molecule has 1 atom stereocenters. The normalized spacial score (nSPS) is 12.9. The molecule has 0 aliphatic carbocycles. The van der Waals surface area contributed by atoms with Gasteiger partial charge >= 0.3 is 6.03 Å². The lowest BCUT2D eigenvalue weighted by atomic mass is 9.96. The van der Waals surface area contributed by atoms with Crippen molar-refractivity contribution in [1.82, 2.24) is 5.43 Å². The van der Waals surface area contributed by atoms with E-state index in [1.807, 2.05) is 31.2 Å². The van der Waals surface area contributed by atoms with E-state index in [1.165, 1.54) is 5.56 Å². The lowest BCUT2D eigenvalue weighted by Gasteiger charge is -2.09. The van der Waals surface area contributed by atoms with Gasteiger partial charge in [0.1, 0.15) is 0 Å². The van der Waals surface area contributed by atoms with E-state index in [-0.39, 0.29) is 0 Å². The van der Waals surface area contributed by atoms with Gasteiger partial charge in [-0.25, -0.2) is 10.2 Å². The first-order valence-corrected chi connectivity index (χ1v) is 5.96. The van der Waals surface area contributed by atoms with Crippen LogP contribution in [0, 0.1) is 5.92 Å². The summed E-state index contributed by atoms with van der Waals surface area (Å²) < 4.78 is 0. The Morgan fingerprint density at radius 1 is 1.44 bits per heavy atom. The number of nitrogens with one attached hydrogen (secondary N) is 1. The maximum absolute atomic E-state index is 10.4. The minimum atomic E-state index is -0.642. The number of hydrazone groups is 1. The molecular weight excluding hydrogens is 226 g/mol. The van der Waals surface area contributed by atoms with Crippen LogP contribution in [0.5, 0.6) is 0 Å². The average molecular weight is 245 g/mol. The van der Waals surface area contributed by atoms with E-state index in [9.17, 15) is 4.79 Å². The summed E-state index contributed by atoms with van der Waals surface area (Å²) in [4.78, 5) is 10.4. The summed E-state index contributed by atoms with van der Waals surface area (Å²) in [6, 6.07) is 9.64. The van der Waals surface area contributed by atoms with Crippen molar-refractivity contribution in [2.24, 2.45) is 16.8 Å². The predicted octanol–water partition coefficient (Wildman–Crippen LogP) is 2.47. The van der Waals surface area contributed by atoms with Gasteiger partial charge in [-0.3, -0.25) is 0 Å². The number of primary amides is 1. The molecule has 96 valence electrons. The zero-order valence-corrected chi connectivity index (χ0v) is 10.5. The zero-order chi connectivity index (χ0) is 13.2. The third kappa shape index (κ3) is 5.84. The SMILES string of the molecule is C/C=C/[C@H](C/C=N\NC(N)=O)Cc1ccccc1. The summed E-state index contributed by atoms with van der Waals surface area (Å²) in [6.07, 6.45) is 7.57. The molecule has 0 saturated carbocycles. The van der Waals surface area contributed by atoms with Crippen LogP contribution in [0.15, 0.2) is 47.6 Å². The molecule has 0 fully saturated rings. The molecule has 0 aliphatic heterocycles. The number of hydrogen-bond donors (Lipinski definition) is 2. The number of nitrogens with zero attached hydrogens (tertiary/aromatic N) is 1. The summed E-state index contributed by atoms with van der Waals surface area (Å²) in [5.74, 6) is 0.371. The van der Waals surface area contributed by atoms with E-state index in [0.717, 1.165) is 12.8 Å². The summed E-state index contributed by atoms with van der Waals surface area (Å²) in [5.41, 5.74) is 8.39. The van der Waals surface area contributed by atoms with E-state index in [4.69, 9.17) is 5.73 Å². The number of carbonyl (C=O) groups excluding carboxylic acids is 1. The Hall–Kier alpha value is -2.10. The molecule has 1 aromatic carbocycles. The highest BCUT2D eigenvalue weighted by atomic mass is 16.2. The Kier molecular flexibility index (Phi) is 6.25. The molecule has 1 aromatic rings. The van der Waals surface area contributed by atoms with Crippen molar-refractivity contribution in [3.63, 3.8) is 0 Å². The number of rotatable bonds is 6. The van der Waals surface area contributed by atoms with Crippen LogP contribution in [-0.4, -0.2) is 12.2 Å². The van der Waals surface area contributed by atoms with Crippen LogP contribution < -0.4 is 11.2 Å². The van der Waals surface area contributed by atoms with Gasteiger partial charge in [-0.15, -0.1) is 0 Å². The van der Waals surface area contributed by atoms with Crippen LogP contribution in [0.3, 0.4) is 0 Å². The van der Waals surface area contributed by atoms with Crippen LogP contribution in [-0.2, 0) is 6.42 Å². The Morgan fingerprint density at radius 2 is 2.17 bits per heavy atom. The topological polar surface area (TPSA) is 67.5 Å². The fourth-order valence-corrected chi connectivity index (χ4v) is 1.72. The number of amides is 2. The second-order valence-corrected chi connectivity index (χ2v) is 4.00. The highest BCUT2D eigenvalue weighted by Crippen LogP contribution is 2.12. The molecule has 0 aliphatic rings. The van der Waals surface area contributed by atoms with Gasteiger partial charge in [0.25, 0.3) is 0 Å². The van der Waals surface area contributed by atoms with Crippen molar-refractivity contribution in [3.05, 3.63) is 48.0 Å². The van der Waals surface area contributed by atoms with E-state index < -0.39 is 6.03 Å². The molecule has 3 N–H and O–H groups in total. The van der Waals surface area contributed by atoms with Crippen LogP contribution in [0.1, 0.15) is 18.9 Å². The van der Waals surface area contributed by atoms with Crippen LogP contribution >= 0.6 is 0 Å². The molecule has 0 saturated heterocycles. The molecule has 0 heterocycles. The van der Waals surface area contributed by atoms with E-state index in [0.29, 0.717) is 5.92 Å². The van der Waals surface area contributed by atoms with Gasteiger partial charge in [-0.05, 0) is 31.2 Å². The molecule has 1 rings (SSSR count). The predicted molar refractivity (Wildman–Crippen MR) is 74.3 cm³/mol. The van der Waals surface area contributed by atoms with Gasteiger partial charge in [-0.1, -0.05) is 42.5 Å². The van der Waals surface area contributed by atoms with Gasteiger partial charge < -0.3 is 5.73 Å².